The molecule has 0 bridgehead atoms. The van der Waals surface area contributed by atoms with Gasteiger partial charge >= 0.3 is 0 Å². The van der Waals surface area contributed by atoms with Gasteiger partial charge in [-0.15, -0.1) is 0 Å². The Hall–Kier alpha value is -2.66. The molecule has 0 N–H and O–H groups in total. The van der Waals surface area contributed by atoms with E-state index in [4.69, 9.17) is 11.6 Å². The summed E-state index contributed by atoms with van der Waals surface area (Å²) in [5, 5.41) is 0.612. The van der Waals surface area contributed by atoms with Gasteiger partial charge in [-0.3, -0.25) is 14.4 Å². The summed E-state index contributed by atoms with van der Waals surface area (Å²) in [5.41, 5.74) is 2.45. The second kappa shape index (κ2) is 7.40. The van der Waals surface area contributed by atoms with Gasteiger partial charge in [-0.1, -0.05) is 41.4 Å². The Morgan fingerprint density at radius 1 is 1.07 bits per heavy atom. The van der Waals surface area contributed by atoms with Crippen molar-refractivity contribution in [1.82, 2.24) is 4.90 Å². The summed E-state index contributed by atoms with van der Waals surface area (Å²) in [5.74, 6) is -0.698. The minimum atomic E-state index is -0.721. The average molecular weight is 397 g/mol. The van der Waals surface area contributed by atoms with E-state index in [1.54, 1.807) is 29.2 Å². The summed E-state index contributed by atoms with van der Waals surface area (Å²) in [4.78, 5) is 41.5. The van der Waals surface area contributed by atoms with Gasteiger partial charge in [0.15, 0.2) is 0 Å². The highest BCUT2D eigenvalue weighted by atomic mass is 35.5. The number of anilines is 1. The highest BCUT2D eigenvalue weighted by Gasteiger charge is 2.48. The first-order valence-corrected chi connectivity index (χ1v) is 9.81. The quantitative estimate of drug-likeness (QED) is 0.726. The molecule has 0 spiro atoms. The number of carbonyl (C=O) groups is 3. The lowest BCUT2D eigenvalue weighted by Gasteiger charge is -2.27. The van der Waals surface area contributed by atoms with Crippen LogP contribution >= 0.6 is 11.6 Å². The summed E-state index contributed by atoms with van der Waals surface area (Å²) in [6, 6.07) is 13.7. The maximum absolute atomic E-state index is 13.1. The molecule has 144 valence electrons. The van der Waals surface area contributed by atoms with E-state index in [0.29, 0.717) is 10.7 Å². The van der Waals surface area contributed by atoms with Gasteiger partial charge in [-0.2, -0.15) is 0 Å². The number of benzene rings is 2. The van der Waals surface area contributed by atoms with Gasteiger partial charge in [0.05, 0.1) is 18.5 Å². The standard InChI is InChI=1S/C22H21ClN2O3/c1-14-2-8-18(9-3-14)25-21(27)13-19(22(25)28)24(17-10-11-17)20(26)12-15-4-6-16(23)7-5-15/h2-9,17,19H,10-13H2,1H3. The largest absolute Gasteiger partial charge is 0.327 e. The van der Waals surface area contributed by atoms with Crippen LogP contribution in [0.3, 0.4) is 0 Å². The monoisotopic (exact) mass is 396 g/mol. The van der Waals surface area contributed by atoms with E-state index in [1.165, 1.54) is 4.90 Å². The molecule has 2 fully saturated rings. The van der Waals surface area contributed by atoms with Crippen molar-refractivity contribution in [1.29, 1.82) is 0 Å². The van der Waals surface area contributed by atoms with Crippen molar-refractivity contribution < 1.29 is 14.4 Å². The zero-order valence-corrected chi connectivity index (χ0v) is 16.4. The molecule has 1 aliphatic heterocycles. The molecule has 3 amide bonds. The Labute approximate surface area is 168 Å². The molecule has 28 heavy (non-hydrogen) atoms. The van der Waals surface area contributed by atoms with Crippen LogP contribution < -0.4 is 4.90 Å². The van der Waals surface area contributed by atoms with Crippen LogP contribution in [-0.4, -0.2) is 34.7 Å². The molecule has 2 aromatic carbocycles. The molecule has 2 aromatic rings. The van der Waals surface area contributed by atoms with Crippen LogP contribution in [0.2, 0.25) is 5.02 Å². The van der Waals surface area contributed by atoms with Crippen molar-refractivity contribution in [3.8, 4) is 0 Å². The molecule has 6 heteroatoms. The number of rotatable bonds is 5. The van der Waals surface area contributed by atoms with Gasteiger partial charge in [0.1, 0.15) is 6.04 Å². The van der Waals surface area contributed by atoms with Crippen LogP contribution in [0.25, 0.3) is 0 Å². The van der Waals surface area contributed by atoms with E-state index in [0.717, 1.165) is 24.0 Å². The second-order valence-corrected chi connectivity index (χ2v) is 7.89. The van der Waals surface area contributed by atoms with E-state index in [1.807, 2.05) is 31.2 Å². The molecular weight excluding hydrogens is 376 g/mol. The van der Waals surface area contributed by atoms with Gasteiger partial charge in [-0.05, 0) is 49.6 Å². The molecule has 4 rings (SSSR count). The number of nitrogens with zero attached hydrogens (tertiary/aromatic N) is 2. The normalized spacial score (nSPS) is 19.2. The molecular formula is C22H21ClN2O3. The first-order chi connectivity index (χ1) is 13.4. The molecule has 1 atom stereocenters. The fourth-order valence-electron chi connectivity index (χ4n) is 3.65. The van der Waals surface area contributed by atoms with Crippen molar-refractivity contribution in [2.45, 2.75) is 44.7 Å². The maximum Gasteiger partial charge on any atom is 0.257 e. The van der Waals surface area contributed by atoms with Crippen molar-refractivity contribution in [2.24, 2.45) is 0 Å². The van der Waals surface area contributed by atoms with Crippen molar-refractivity contribution in [2.75, 3.05) is 4.90 Å². The van der Waals surface area contributed by atoms with E-state index >= 15 is 0 Å². The molecule has 5 nitrogen and oxygen atoms in total. The van der Waals surface area contributed by atoms with E-state index in [2.05, 4.69) is 0 Å². The summed E-state index contributed by atoms with van der Waals surface area (Å²) >= 11 is 5.91. The molecule has 0 radical (unpaired) electrons. The molecule has 1 saturated heterocycles. The Morgan fingerprint density at radius 3 is 2.32 bits per heavy atom. The van der Waals surface area contributed by atoms with Crippen LogP contribution in [0.15, 0.2) is 48.5 Å². The highest BCUT2D eigenvalue weighted by molar-refractivity contribution is 6.30. The average Bonchev–Trinajstić information content (AvgIpc) is 3.45. The van der Waals surface area contributed by atoms with E-state index in [-0.39, 0.29) is 36.6 Å². The van der Waals surface area contributed by atoms with Crippen LogP contribution in [0.1, 0.15) is 30.4 Å². The predicted molar refractivity (Wildman–Crippen MR) is 107 cm³/mol. The lowest BCUT2D eigenvalue weighted by Crippen LogP contribution is -2.47. The van der Waals surface area contributed by atoms with Crippen molar-refractivity contribution >= 4 is 35.0 Å². The fourth-order valence-corrected chi connectivity index (χ4v) is 3.78. The summed E-state index contributed by atoms with van der Waals surface area (Å²) in [6.07, 6.45) is 1.97. The molecule has 0 aromatic heterocycles. The zero-order valence-electron chi connectivity index (χ0n) is 15.6. The first kappa shape index (κ1) is 18.7. The van der Waals surface area contributed by atoms with E-state index < -0.39 is 6.04 Å². The lowest BCUT2D eigenvalue weighted by molar-refractivity contribution is -0.138. The summed E-state index contributed by atoms with van der Waals surface area (Å²) < 4.78 is 0. The van der Waals surface area contributed by atoms with Gasteiger partial charge in [0.25, 0.3) is 5.91 Å². The number of carbonyl (C=O) groups excluding carboxylic acids is 3. The van der Waals surface area contributed by atoms with Gasteiger partial charge in [0, 0.05) is 11.1 Å². The number of hydrogen-bond donors (Lipinski definition) is 0. The van der Waals surface area contributed by atoms with Gasteiger partial charge in [-0.25, -0.2) is 4.90 Å². The van der Waals surface area contributed by atoms with Gasteiger partial charge in [0.2, 0.25) is 11.8 Å². The molecule has 1 saturated carbocycles. The van der Waals surface area contributed by atoms with Crippen LogP contribution in [0.4, 0.5) is 5.69 Å². The third-order valence-corrected chi connectivity index (χ3v) is 5.50. The predicted octanol–water partition coefficient (Wildman–Crippen LogP) is 3.51. The highest BCUT2D eigenvalue weighted by Crippen LogP contribution is 2.34. The van der Waals surface area contributed by atoms with Crippen LogP contribution in [-0.2, 0) is 20.8 Å². The number of halogens is 1. The lowest BCUT2D eigenvalue weighted by atomic mass is 10.1. The van der Waals surface area contributed by atoms with Crippen molar-refractivity contribution in [3.05, 3.63) is 64.7 Å². The van der Waals surface area contributed by atoms with Gasteiger partial charge < -0.3 is 4.90 Å². The Bertz CT molecular complexity index is 920. The summed E-state index contributed by atoms with van der Waals surface area (Å²) in [7, 11) is 0. The van der Waals surface area contributed by atoms with Crippen LogP contribution in [0.5, 0.6) is 0 Å². The number of hydrogen-bond acceptors (Lipinski definition) is 3. The minimum Gasteiger partial charge on any atom is -0.327 e. The Kier molecular flexibility index (Phi) is 4.94. The zero-order chi connectivity index (χ0) is 19.8. The Balaban J connectivity index is 1.55. The minimum absolute atomic E-state index is 0.0373. The number of aryl methyl sites for hydroxylation is 1. The third kappa shape index (κ3) is 3.67. The third-order valence-electron chi connectivity index (χ3n) is 5.25. The fraction of sp³-hybridized carbons (Fsp3) is 0.318. The van der Waals surface area contributed by atoms with Crippen LogP contribution in [0, 0.1) is 6.92 Å². The van der Waals surface area contributed by atoms with E-state index in [9.17, 15) is 14.4 Å². The number of imide groups is 1. The maximum atomic E-state index is 13.1. The smallest absolute Gasteiger partial charge is 0.257 e. The molecule has 1 aliphatic carbocycles. The molecule has 1 heterocycles. The summed E-state index contributed by atoms with van der Waals surface area (Å²) in [6.45, 7) is 1.95. The van der Waals surface area contributed by atoms with Crippen molar-refractivity contribution in [3.63, 3.8) is 0 Å². The SMILES string of the molecule is Cc1ccc(N2C(=O)CC(N(C(=O)Cc3ccc(Cl)cc3)C3CC3)C2=O)cc1. The molecule has 1 unspecified atom stereocenters. The Morgan fingerprint density at radius 2 is 1.71 bits per heavy atom. The second-order valence-electron chi connectivity index (χ2n) is 7.46. The topological polar surface area (TPSA) is 57.7 Å². The number of amides is 3. The first-order valence-electron chi connectivity index (χ1n) is 9.43. The molecule has 2 aliphatic rings.